The number of carbonyl (C=O) groups excluding carboxylic acids is 2. The van der Waals surface area contributed by atoms with Crippen LogP contribution in [0.1, 0.15) is 43.6 Å². The van der Waals surface area contributed by atoms with Gasteiger partial charge in [0.05, 0.1) is 19.3 Å². The minimum absolute atomic E-state index is 0.150. The molecule has 0 N–H and O–H groups in total. The molecule has 3 rings (SSSR count). The largest absolute Gasteiger partial charge is 0.467 e. The number of esters is 2. The van der Waals surface area contributed by atoms with Crippen molar-refractivity contribution < 1.29 is 33.0 Å². The van der Waals surface area contributed by atoms with Crippen LogP contribution in [-0.2, 0) is 34.8 Å². The van der Waals surface area contributed by atoms with Crippen LogP contribution >= 0.6 is 11.8 Å². The van der Waals surface area contributed by atoms with Gasteiger partial charge in [-0.05, 0) is 41.6 Å². The summed E-state index contributed by atoms with van der Waals surface area (Å²) in [5, 5.41) is -0.150. The topological polar surface area (TPSA) is 80.3 Å². The standard InChI is InChI=1S/C29H40O7SSi/c1-8-37-28-25(34-26(30)21-17-13-10-14-18-21)22(33-19-20-15-11-9-12-16-20)23(24(35-28)27(31)32-5)36-38(6,7)29(2,3)4/h9-18,22-25,28H,8,19H2,1-7H3/t22-,23-,24-,25+,28?/m0/s1. The van der Waals surface area contributed by atoms with E-state index < -0.39 is 50.1 Å². The average molecular weight is 561 g/mol. The molecular weight excluding hydrogens is 520 g/mol. The molecule has 2 aromatic carbocycles. The number of thioether (sulfide) groups is 1. The SMILES string of the molecule is CCSC1O[C@H](C(=O)OC)[C@@H](O[Si](C)(C)C(C)(C)C)[C@H](OCc2ccccc2)[C@H]1OC(=O)c1ccccc1. The first-order chi connectivity index (χ1) is 18.0. The summed E-state index contributed by atoms with van der Waals surface area (Å²) in [7, 11) is -1.10. The summed E-state index contributed by atoms with van der Waals surface area (Å²) in [4.78, 5) is 26.3. The van der Waals surface area contributed by atoms with Gasteiger partial charge in [-0.25, -0.2) is 9.59 Å². The molecule has 1 aliphatic heterocycles. The molecular formula is C29H40O7SSi. The smallest absolute Gasteiger partial charge is 0.338 e. The van der Waals surface area contributed by atoms with Crippen LogP contribution in [0.25, 0.3) is 0 Å². The van der Waals surface area contributed by atoms with Gasteiger partial charge in [0, 0.05) is 0 Å². The molecule has 0 aliphatic carbocycles. The van der Waals surface area contributed by atoms with Gasteiger partial charge in [0.2, 0.25) is 0 Å². The van der Waals surface area contributed by atoms with Crippen molar-refractivity contribution in [2.24, 2.45) is 0 Å². The lowest BCUT2D eigenvalue weighted by Gasteiger charge is -2.48. The Morgan fingerprint density at radius 2 is 1.55 bits per heavy atom. The molecule has 1 aliphatic rings. The molecule has 1 saturated heterocycles. The number of rotatable bonds is 10. The summed E-state index contributed by atoms with van der Waals surface area (Å²) < 4.78 is 30.9. The van der Waals surface area contributed by atoms with Crippen LogP contribution in [-0.4, -0.2) is 63.0 Å². The summed E-state index contributed by atoms with van der Waals surface area (Å²) in [6, 6.07) is 18.5. The Kier molecular flexibility index (Phi) is 10.6. The van der Waals surface area contributed by atoms with Gasteiger partial charge in [-0.2, -0.15) is 0 Å². The molecule has 0 aromatic heterocycles. The fourth-order valence-electron chi connectivity index (χ4n) is 3.91. The van der Waals surface area contributed by atoms with Crippen molar-refractivity contribution in [2.75, 3.05) is 12.9 Å². The fourth-order valence-corrected chi connectivity index (χ4v) is 6.13. The zero-order valence-corrected chi connectivity index (χ0v) is 25.2. The van der Waals surface area contributed by atoms with Crippen molar-refractivity contribution in [2.45, 2.75) is 82.3 Å². The first kappa shape index (κ1) is 30.4. The molecule has 0 spiro atoms. The van der Waals surface area contributed by atoms with Crippen LogP contribution in [0, 0.1) is 0 Å². The fraction of sp³-hybridized carbons (Fsp3) is 0.517. The Labute approximate surface area is 231 Å². The average Bonchev–Trinajstić information content (AvgIpc) is 2.89. The van der Waals surface area contributed by atoms with Gasteiger partial charge in [0.25, 0.3) is 0 Å². The monoisotopic (exact) mass is 560 g/mol. The van der Waals surface area contributed by atoms with Crippen molar-refractivity contribution in [1.82, 2.24) is 0 Å². The van der Waals surface area contributed by atoms with E-state index in [0.29, 0.717) is 11.3 Å². The van der Waals surface area contributed by atoms with Gasteiger partial charge >= 0.3 is 11.9 Å². The van der Waals surface area contributed by atoms with E-state index in [1.54, 1.807) is 24.3 Å². The molecule has 0 bridgehead atoms. The highest BCUT2D eigenvalue weighted by atomic mass is 32.2. The molecule has 2 aromatic rings. The van der Waals surface area contributed by atoms with Crippen LogP contribution in [0.15, 0.2) is 60.7 Å². The van der Waals surface area contributed by atoms with Gasteiger partial charge in [0.15, 0.2) is 20.5 Å². The van der Waals surface area contributed by atoms with Crippen LogP contribution in [0.3, 0.4) is 0 Å². The van der Waals surface area contributed by atoms with Gasteiger partial charge in [-0.1, -0.05) is 76.2 Å². The van der Waals surface area contributed by atoms with Crippen LogP contribution in [0.2, 0.25) is 18.1 Å². The second-order valence-electron chi connectivity index (χ2n) is 10.7. The zero-order valence-electron chi connectivity index (χ0n) is 23.3. The quantitative estimate of drug-likeness (QED) is 0.265. The lowest BCUT2D eigenvalue weighted by Crippen LogP contribution is -2.64. The molecule has 5 atom stereocenters. The number of benzene rings is 2. The molecule has 208 valence electrons. The first-order valence-electron chi connectivity index (χ1n) is 12.9. The molecule has 1 unspecified atom stereocenters. The summed E-state index contributed by atoms with van der Waals surface area (Å²) in [6.45, 7) is 12.8. The third kappa shape index (κ3) is 7.48. The minimum Gasteiger partial charge on any atom is -0.467 e. The number of hydrogen-bond acceptors (Lipinski definition) is 8. The van der Waals surface area contributed by atoms with Crippen molar-refractivity contribution in [3.63, 3.8) is 0 Å². The van der Waals surface area contributed by atoms with E-state index in [-0.39, 0.29) is 11.6 Å². The lowest BCUT2D eigenvalue weighted by atomic mass is 9.99. The maximum Gasteiger partial charge on any atom is 0.338 e. The van der Waals surface area contributed by atoms with Gasteiger partial charge < -0.3 is 23.4 Å². The number of methoxy groups -OCH3 is 1. The molecule has 0 radical (unpaired) electrons. The molecule has 1 fully saturated rings. The maximum atomic E-state index is 13.2. The van der Waals surface area contributed by atoms with E-state index in [1.807, 2.05) is 43.3 Å². The highest BCUT2D eigenvalue weighted by Gasteiger charge is 2.55. The summed E-state index contributed by atoms with van der Waals surface area (Å²) in [5.74, 6) is -0.356. The Morgan fingerprint density at radius 1 is 0.947 bits per heavy atom. The van der Waals surface area contributed by atoms with Crippen LogP contribution in [0.5, 0.6) is 0 Å². The van der Waals surface area contributed by atoms with Crippen molar-refractivity contribution in [3.05, 3.63) is 71.8 Å². The number of ether oxygens (including phenoxy) is 4. The lowest BCUT2D eigenvalue weighted by molar-refractivity contribution is -0.220. The highest BCUT2D eigenvalue weighted by molar-refractivity contribution is 7.99. The van der Waals surface area contributed by atoms with E-state index in [9.17, 15) is 9.59 Å². The van der Waals surface area contributed by atoms with Gasteiger partial charge in [-0.3, -0.25) is 0 Å². The third-order valence-corrected chi connectivity index (χ3v) is 12.5. The third-order valence-electron chi connectivity index (χ3n) is 7.03. The first-order valence-corrected chi connectivity index (χ1v) is 16.9. The Bertz CT molecular complexity index is 1040. The van der Waals surface area contributed by atoms with Gasteiger partial charge in [0.1, 0.15) is 17.6 Å². The molecule has 38 heavy (non-hydrogen) atoms. The Balaban J connectivity index is 2.05. The molecule has 0 amide bonds. The molecule has 0 saturated carbocycles. The molecule has 7 nitrogen and oxygen atoms in total. The van der Waals surface area contributed by atoms with E-state index in [2.05, 4.69) is 33.9 Å². The van der Waals surface area contributed by atoms with Crippen molar-refractivity contribution in [1.29, 1.82) is 0 Å². The summed E-state index contributed by atoms with van der Waals surface area (Å²) >= 11 is 1.45. The predicted molar refractivity (Wildman–Crippen MR) is 152 cm³/mol. The highest BCUT2D eigenvalue weighted by Crippen LogP contribution is 2.42. The summed E-state index contributed by atoms with van der Waals surface area (Å²) in [6.07, 6.45) is -3.48. The van der Waals surface area contributed by atoms with E-state index in [1.165, 1.54) is 18.9 Å². The second kappa shape index (κ2) is 13.3. The van der Waals surface area contributed by atoms with Gasteiger partial charge in [-0.15, -0.1) is 11.8 Å². The van der Waals surface area contributed by atoms with Crippen molar-refractivity contribution >= 4 is 32.0 Å². The Hall–Kier alpha value is -2.17. The van der Waals surface area contributed by atoms with Crippen LogP contribution in [0.4, 0.5) is 0 Å². The van der Waals surface area contributed by atoms with Crippen molar-refractivity contribution in [3.8, 4) is 0 Å². The minimum atomic E-state index is -2.43. The zero-order chi connectivity index (χ0) is 27.9. The predicted octanol–water partition coefficient (Wildman–Crippen LogP) is 5.84. The second-order valence-corrected chi connectivity index (χ2v) is 16.9. The maximum absolute atomic E-state index is 13.2. The van der Waals surface area contributed by atoms with E-state index in [4.69, 9.17) is 23.4 Å². The van der Waals surface area contributed by atoms with E-state index >= 15 is 0 Å². The molecule has 9 heteroatoms. The number of carbonyl (C=O) groups is 2. The Morgan fingerprint density at radius 3 is 2.11 bits per heavy atom. The number of hydrogen-bond donors (Lipinski definition) is 0. The normalized spacial score (nSPS) is 24.0. The van der Waals surface area contributed by atoms with Crippen LogP contribution < -0.4 is 0 Å². The summed E-state index contributed by atoms with van der Waals surface area (Å²) in [5.41, 5.74) is 0.718. The van der Waals surface area contributed by atoms with E-state index in [0.717, 1.165) is 5.56 Å². The molecule has 1 heterocycles.